The molecule has 1 N–H and O–H groups in total. The van der Waals surface area contributed by atoms with Gasteiger partial charge in [0.1, 0.15) is 11.7 Å². The molecule has 5 nitrogen and oxygen atoms in total. The van der Waals surface area contributed by atoms with Gasteiger partial charge in [0.15, 0.2) is 0 Å². The molecule has 23 heavy (non-hydrogen) atoms. The summed E-state index contributed by atoms with van der Waals surface area (Å²) in [5.74, 6) is -0.750. The number of nitrogens with one attached hydrogen (secondary N) is 1. The Kier molecular flexibility index (Phi) is 4.55. The molecule has 0 bridgehead atoms. The van der Waals surface area contributed by atoms with Gasteiger partial charge in [-0.15, -0.1) is 0 Å². The molecule has 1 aromatic carbocycles. The largest absolute Gasteiger partial charge is 0.496 e. The highest BCUT2D eigenvalue weighted by Crippen LogP contribution is 2.27. The SMILES string of the molecule is COc1ccccc1CNC(=O)C1C=C2CCCCC2=NC1=O. The van der Waals surface area contributed by atoms with E-state index < -0.39 is 5.92 Å². The van der Waals surface area contributed by atoms with Crippen LogP contribution in [0.15, 0.2) is 40.9 Å². The molecular weight excluding hydrogens is 292 g/mol. The fraction of sp³-hybridized carbons (Fsp3) is 0.389. The molecule has 0 saturated heterocycles. The summed E-state index contributed by atoms with van der Waals surface area (Å²) in [6, 6.07) is 7.49. The van der Waals surface area contributed by atoms with Gasteiger partial charge < -0.3 is 10.1 Å². The third-order valence-electron chi connectivity index (χ3n) is 4.29. The number of fused-ring (bicyclic) bond motifs is 1. The number of allylic oxidation sites excluding steroid dienone is 1. The molecular formula is C18H20N2O3. The predicted octanol–water partition coefficient (Wildman–Crippen LogP) is 2.41. The molecule has 1 saturated carbocycles. The molecule has 2 amide bonds. The molecule has 1 atom stereocenters. The van der Waals surface area contributed by atoms with Gasteiger partial charge in [-0.25, -0.2) is 4.99 Å². The zero-order valence-corrected chi connectivity index (χ0v) is 13.2. The van der Waals surface area contributed by atoms with Crippen molar-refractivity contribution in [3.63, 3.8) is 0 Å². The lowest BCUT2D eigenvalue weighted by atomic mass is 9.87. The number of carbonyl (C=O) groups is 2. The average molecular weight is 312 g/mol. The van der Waals surface area contributed by atoms with E-state index >= 15 is 0 Å². The van der Waals surface area contributed by atoms with Crippen LogP contribution in [-0.4, -0.2) is 24.6 Å². The van der Waals surface area contributed by atoms with Gasteiger partial charge in [0.05, 0.1) is 7.11 Å². The van der Waals surface area contributed by atoms with Crippen LogP contribution in [0.4, 0.5) is 0 Å². The van der Waals surface area contributed by atoms with Gasteiger partial charge in [-0.05, 0) is 37.3 Å². The second kappa shape index (κ2) is 6.77. The summed E-state index contributed by atoms with van der Waals surface area (Å²) >= 11 is 0. The first-order valence-corrected chi connectivity index (χ1v) is 7.91. The van der Waals surface area contributed by atoms with Crippen molar-refractivity contribution in [1.82, 2.24) is 5.32 Å². The molecule has 0 radical (unpaired) electrons. The highest BCUT2D eigenvalue weighted by Gasteiger charge is 2.30. The first-order chi connectivity index (χ1) is 11.2. The number of para-hydroxylation sites is 1. The minimum Gasteiger partial charge on any atom is -0.496 e. The Morgan fingerprint density at radius 1 is 1.30 bits per heavy atom. The number of rotatable bonds is 4. The summed E-state index contributed by atoms with van der Waals surface area (Å²) in [5, 5.41) is 2.82. The van der Waals surface area contributed by atoms with E-state index in [1.165, 1.54) is 0 Å². The molecule has 1 aromatic rings. The second-order valence-corrected chi connectivity index (χ2v) is 5.80. The first kappa shape index (κ1) is 15.5. The van der Waals surface area contributed by atoms with E-state index in [2.05, 4.69) is 10.3 Å². The lowest BCUT2D eigenvalue weighted by molar-refractivity contribution is -0.131. The maximum absolute atomic E-state index is 12.4. The molecule has 5 heteroatoms. The van der Waals surface area contributed by atoms with Gasteiger partial charge in [0, 0.05) is 17.8 Å². The maximum atomic E-state index is 12.4. The lowest BCUT2D eigenvalue weighted by Gasteiger charge is -2.23. The van der Waals surface area contributed by atoms with E-state index in [0.29, 0.717) is 12.3 Å². The first-order valence-electron chi connectivity index (χ1n) is 7.91. The maximum Gasteiger partial charge on any atom is 0.262 e. The van der Waals surface area contributed by atoms with Crippen molar-refractivity contribution in [2.75, 3.05) is 7.11 Å². The molecule has 0 spiro atoms. The van der Waals surface area contributed by atoms with Crippen molar-refractivity contribution >= 4 is 17.5 Å². The van der Waals surface area contributed by atoms with Crippen molar-refractivity contribution < 1.29 is 14.3 Å². The Morgan fingerprint density at radius 2 is 2.09 bits per heavy atom. The number of hydrogen-bond donors (Lipinski definition) is 1. The minimum atomic E-state index is -0.804. The van der Waals surface area contributed by atoms with Crippen LogP contribution in [0.3, 0.4) is 0 Å². The zero-order valence-electron chi connectivity index (χ0n) is 13.2. The molecule has 1 aliphatic heterocycles. The van der Waals surface area contributed by atoms with Crippen LogP contribution in [0.2, 0.25) is 0 Å². The molecule has 1 unspecified atom stereocenters. The topological polar surface area (TPSA) is 67.8 Å². The van der Waals surface area contributed by atoms with Crippen molar-refractivity contribution in [3.8, 4) is 5.75 Å². The Labute approximate surface area is 135 Å². The quantitative estimate of drug-likeness (QED) is 0.868. The Hall–Kier alpha value is -2.43. The highest BCUT2D eigenvalue weighted by molar-refractivity contribution is 6.15. The highest BCUT2D eigenvalue weighted by atomic mass is 16.5. The van der Waals surface area contributed by atoms with Crippen LogP contribution < -0.4 is 10.1 Å². The summed E-state index contributed by atoms with van der Waals surface area (Å²) in [6.07, 6.45) is 5.69. The van der Waals surface area contributed by atoms with E-state index in [1.54, 1.807) is 13.2 Å². The van der Waals surface area contributed by atoms with Crippen LogP contribution in [0.5, 0.6) is 5.75 Å². The Balaban J connectivity index is 1.68. The lowest BCUT2D eigenvalue weighted by Crippen LogP contribution is -2.36. The van der Waals surface area contributed by atoms with Gasteiger partial charge in [0.25, 0.3) is 5.91 Å². The van der Waals surface area contributed by atoms with Crippen molar-refractivity contribution in [2.24, 2.45) is 10.9 Å². The number of benzene rings is 1. The normalized spacial score (nSPS) is 20.2. The van der Waals surface area contributed by atoms with E-state index in [1.807, 2.05) is 24.3 Å². The van der Waals surface area contributed by atoms with E-state index in [0.717, 1.165) is 42.5 Å². The molecule has 2 aliphatic rings. The van der Waals surface area contributed by atoms with E-state index in [-0.39, 0.29) is 11.8 Å². The summed E-state index contributed by atoms with van der Waals surface area (Å²) in [6.45, 7) is 0.326. The summed E-state index contributed by atoms with van der Waals surface area (Å²) in [7, 11) is 1.59. The van der Waals surface area contributed by atoms with Gasteiger partial charge in [-0.1, -0.05) is 24.3 Å². The minimum absolute atomic E-state index is 0.304. The summed E-state index contributed by atoms with van der Waals surface area (Å²) < 4.78 is 5.26. The summed E-state index contributed by atoms with van der Waals surface area (Å²) in [5.41, 5.74) is 2.81. The van der Waals surface area contributed by atoms with E-state index in [4.69, 9.17) is 4.74 Å². The van der Waals surface area contributed by atoms with Crippen LogP contribution in [0.1, 0.15) is 31.2 Å². The average Bonchev–Trinajstić information content (AvgIpc) is 2.59. The molecule has 3 rings (SSSR count). The van der Waals surface area contributed by atoms with Crippen LogP contribution in [0, 0.1) is 5.92 Å². The van der Waals surface area contributed by atoms with Gasteiger partial charge in [-0.2, -0.15) is 0 Å². The van der Waals surface area contributed by atoms with Crippen molar-refractivity contribution in [3.05, 3.63) is 41.5 Å². The molecule has 1 aliphatic carbocycles. The Bertz CT molecular complexity index is 691. The monoisotopic (exact) mass is 312 g/mol. The van der Waals surface area contributed by atoms with Crippen LogP contribution in [0.25, 0.3) is 0 Å². The predicted molar refractivity (Wildman–Crippen MR) is 87.3 cm³/mol. The Morgan fingerprint density at radius 3 is 2.91 bits per heavy atom. The molecule has 1 heterocycles. The fourth-order valence-corrected chi connectivity index (χ4v) is 3.02. The third-order valence-corrected chi connectivity index (χ3v) is 4.29. The smallest absolute Gasteiger partial charge is 0.262 e. The van der Waals surface area contributed by atoms with Gasteiger partial charge in [-0.3, -0.25) is 9.59 Å². The molecule has 120 valence electrons. The number of aliphatic imine (C=N–C) groups is 1. The fourth-order valence-electron chi connectivity index (χ4n) is 3.02. The molecule has 1 fully saturated rings. The number of carbonyl (C=O) groups excluding carboxylic acids is 2. The number of dihydropyridines is 1. The number of ether oxygens (including phenoxy) is 1. The van der Waals surface area contributed by atoms with Crippen molar-refractivity contribution in [1.29, 1.82) is 0 Å². The van der Waals surface area contributed by atoms with Crippen LogP contribution >= 0.6 is 0 Å². The molecule has 0 aromatic heterocycles. The van der Waals surface area contributed by atoms with Crippen LogP contribution in [-0.2, 0) is 16.1 Å². The summed E-state index contributed by atoms with van der Waals surface area (Å²) in [4.78, 5) is 28.6. The third kappa shape index (κ3) is 3.33. The van der Waals surface area contributed by atoms with Gasteiger partial charge in [0.2, 0.25) is 5.91 Å². The number of methoxy groups -OCH3 is 1. The van der Waals surface area contributed by atoms with Crippen molar-refractivity contribution in [2.45, 2.75) is 32.2 Å². The van der Waals surface area contributed by atoms with Gasteiger partial charge >= 0.3 is 0 Å². The standard InChI is InChI=1S/C18H20N2O3/c1-23-16-9-5-3-7-13(16)11-19-17(21)14-10-12-6-2-4-8-15(12)20-18(14)22/h3,5,7,9-10,14H,2,4,6,8,11H2,1H3,(H,19,21). The zero-order chi connectivity index (χ0) is 16.2. The van der Waals surface area contributed by atoms with E-state index in [9.17, 15) is 9.59 Å². The number of nitrogens with zero attached hydrogens (tertiary/aromatic N) is 1. The number of hydrogen-bond acceptors (Lipinski definition) is 3. The second-order valence-electron chi connectivity index (χ2n) is 5.80. The number of amides is 2.